The molecule has 2 N–H and O–H groups in total. The Morgan fingerprint density at radius 2 is 1.98 bits per heavy atom. The molecule has 9 heteroatoms. The largest absolute Gasteiger partial charge is 0.490 e. The zero-order chi connectivity index (χ0) is 28.9. The molecular weight excluding hydrogens is 560 g/mol. The molecular formula is C32H39ClN2O5S. The summed E-state index contributed by atoms with van der Waals surface area (Å²) in [5.41, 5.74) is 3.33. The summed E-state index contributed by atoms with van der Waals surface area (Å²) >= 11 is 6.38. The number of aryl methyl sites for hydroxylation is 1. The molecule has 2 bridgehead atoms. The highest BCUT2D eigenvalue weighted by Gasteiger charge is 2.44. The Bertz CT molecular complexity index is 1480. The normalized spacial score (nSPS) is 33.8. The molecule has 2 aromatic carbocycles. The highest BCUT2D eigenvalue weighted by molar-refractivity contribution is 7.90. The summed E-state index contributed by atoms with van der Waals surface area (Å²) in [7, 11) is -3.91. The number of aliphatic hydroxyl groups is 1. The molecule has 2 aliphatic carbocycles. The fourth-order valence-electron chi connectivity index (χ4n) is 7.16. The number of carbonyl (C=O) groups is 1. The van der Waals surface area contributed by atoms with Crippen LogP contribution in [0.15, 0.2) is 48.6 Å². The number of carbonyl (C=O) groups excluding carboxylic acids is 1. The summed E-state index contributed by atoms with van der Waals surface area (Å²) < 4.78 is 35.1. The van der Waals surface area contributed by atoms with Gasteiger partial charge >= 0.3 is 0 Å². The molecule has 6 atom stereocenters. The van der Waals surface area contributed by atoms with Crippen LogP contribution >= 0.6 is 11.6 Å². The zero-order valence-electron chi connectivity index (χ0n) is 23.7. The van der Waals surface area contributed by atoms with Crippen molar-refractivity contribution in [2.75, 3.05) is 24.6 Å². The third-order valence-corrected chi connectivity index (χ3v) is 12.2. The third kappa shape index (κ3) is 5.39. The van der Waals surface area contributed by atoms with E-state index in [-0.39, 0.29) is 28.7 Å². The van der Waals surface area contributed by atoms with Gasteiger partial charge in [-0.15, -0.1) is 0 Å². The van der Waals surface area contributed by atoms with E-state index in [2.05, 4.69) is 21.8 Å². The fourth-order valence-corrected chi connectivity index (χ4v) is 8.64. The lowest BCUT2D eigenvalue weighted by atomic mass is 9.68. The molecule has 7 nitrogen and oxygen atoms in total. The summed E-state index contributed by atoms with van der Waals surface area (Å²) in [5, 5.41) is 11.1. The molecule has 1 unspecified atom stereocenters. The second kappa shape index (κ2) is 10.9. The van der Waals surface area contributed by atoms with Gasteiger partial charge in [-0.2, -0.15) is 0 Å². The molecule has 1 saturated carbocycles. The van der Waals surface area contributed by atoms with Crippen molar-refractivity contribution in [3.63, 3.8) is 0 Å². The topological polar surface area (TPSA) is 95.9 Å². The molecule has 220 valence electrons. The summed E-state index contributed by atoms with van der Waals surface area (Å²) in [5.74, 6) is 0.232. The van der Waals surface area contributed by atoms with Crippen LogP contribution in [0.4, 0.5) is 5.69 Å². The predicted octanol–water partition coefficient (Wildman–Crippen LogP) is 5.24. The van der Waals surface area contributed by atoms with Gasteiger partial charge in [-0.1, -0.05) is 36.7 Å². The van der Waals surface area contributed by atoms with Crippen LogP contribution in [0.3, 0.4) is 0 Å². The van der Waals surface area contributed by atoms with E-state index in [1.165, 1.54) is 11.1 Å². The van der Waals surface area contributed by atoms with Gasteiger partial charge in [-0.25, -0.2) is 13.1 Å². The maximum atomic E-state index is 13.3. The lowest BCUT2D eigenvalue weighted by molar-refractivity contribution is 0.0456. The number of aliphatic hydroxyl groups excluding tert-OH is 1. The van der Waals surface area contributed by atoms with Crippen molar-refractivity contribution >= 4 is 33.2 Å². The van der Waals surface area contributed by atoms with Gasteiger partial charge in [0.1, 0.15) is 5.75 Å². The van der Waals surface area contributed by atoms with Crippen LogP contribution in [0.5, 0.6) is 5.75 Å². The highest BCUT2D eigenvalue weighted by Crippen LogP contribution is 2.46. The van der Waals surface area contributed by atoms with Gasteiger partial charge in [0.2, 0.25) is 10.0 Å². The van der Waals surface area contributed by atoms with Crippen molar-refractivity contribution < 1.29 is 23.1 Å². The number of nitrogens with one attached hydrogen (secondary N) is 1. The van der Waals surface area contributed by atoms with E-state index in [1.807, 2.05) is 25.1 Å². The van der Waals surface area contributed by atoms with Crippen LogP contribution in [0.2, 0.25) is 5.02 Å². The Kier molecular flexibility index (Phi) is 7.62. The number of hydrogen-bond donors (Lipinski definition) is 2. The van der Waals surface area contributed by atoms with Gasteiger partial charge < -0.3 is 14.7 Å². The van der Waals surface area contributed by atoms with Gasteiger partial charge in [-0.05, 0) is 105 Å². The molecule has 4 aliphatic rings. The average Bonchev–Trinajstić information content (AvgIpc) is 3.06. The molecule has 2 aliphatic heterocycles. The van der Waals surface area contributed by atoms with E-state index in [0.717, 1.165) is 42.8 Å². The Morgan fingerprint density at radius 3 is 2.76 bits per heavy atom. The first-order valence-electron chi connectivity index (χ1n) is 14.8. The van der Waals surface area contributed by atoms with Crippen molar-refractivity contribution in [2.45, 2.75) is 69.1 Å². The minimum Gasteiger partial charge on any atom is -0.490 e. The second-order valence-electron chi connectivity index (χ2n) is 12.6. The van der Waals surface area contributed by atoms with E-state index < -0.39 is 27.3 Å². The van der Waals surface area contributed by atoms with Crippen LogP contribution in [0.25, 0.3) is 0 Å². The van der Waals surface area contributed by atoms with Gasteiger partial charge in [0.05, 0.1) is 23.6 Å². The van der Waals surface area contributed by atoms with Gasteiger partial charge in [-0.3, -0.25) is 4.79 Å². The number of hydrogen-bond acceptors (Lipinski definition) is 6. The number of allylic oxidation sites excluding steroid dienone is 1. The Labute approximate surface area is 248 Å². The maximum absolute atomic E-state index is 13.3. The maximum Gasteiger partial charge on any atom is 0.264 e. The number of fused-ring (bicyclic) bond motifs is 4. The number of ether oxygens (including phenoxy) is 1. The van der Waals surface area contributed by atoms with Gasteiger partial charge in [0.15, 0.2) is 0 Å². The molecule has 41 heavy (non-hydrogen) atoms. The Morgan fingerprint density at radius 1 is 1.15 bits per heavy atom. The number of anilines is 1. The number of sulfonamides is 1. The van der Waals surface area contributed by atoms with E-state index >= 15 is 0 Å². The van der Waals surface area contributed by atoms with Crippen molar-refractivity contribution in [1.82, 2.24) is 4.72 Å². The van der Waals surface area contributed by atoms with Crippen molar-refractivity contribution in [2.24, 2.45) is 17.8 Å². The Hall–Kier alpha value is -2.55. The predicted molar refractivity (Wildman–Crippen MR) is 161 cm³/mol. The molecule has 0 aromatic heterocycles. The van der Waals surface area contributed by atoms with Crippen LogP contribution in [0.1, 0.15) is 67.4 Å². The first kappa shape index (κ1) is 28.6. The minimum atomic E-state index is -3.91. The van der Waals surface area contributed by atoms with Gasteiger partial charge in [0.25, 0.3) is 5.91 Å². The molecule has 1 spiro atoms. The number of halogens is 1. The lowest BCUT2D eigenvalue weighted by Gasteiger charge is -2.45. The molecule has 2 heterocycles. The van der Waals surface area contributed by atoms with Crippen molar-refractivity contribution in [3.8, 4) is 5.75 Å². The molecule has 1 amide bonds. The number of nitrogens with zero attached hydrogens (tertiary/aromatic N) is 1. The molecule has 0 radical (unpaired) electrons. The molecule has 1 fully saturated rings. The molecule has 2 aromatic rings. The van der Waals surface area contributed by atoms with Crippen LogP contribution in [-0.2, 0) is 21.9 Å². The Balaban J connectivity index is 1.42. The minimum absolute atomic E-state index is 0.128. The second-order valence-corrected chi connectivity index (χ2v) is 15.1. The number of benzene rings is 2. The lowest BCUT2D eigenvalue weighted by Crippen LogP contribution is -2.49. The van der Waals surface area contributed by atoms with Crippen LogP contribution in [-0.4, -0.2) is 50.5 Å². The van der Waals surface area contributed by atoms with E-state index in [9.17, 15) is 18.3 Å². The number of rotatable bonds is 0. The third-order valence-electron chi connectivity index (χ3n) is 10.0. The summed E-state index contributed by atoms with van der Waals surface area (Å²) in [4.78, 5) is 15.6. The summed E-state index contributed by atoms with van der Waals surface area (Å²) in [6.07, 6.45) is 8.58. The standard InChI is InChI=1S/C32H39ClN2O5S/c1-20-5-3-7-29(36)26-11-8-24(26)17-35-18-32(14-4-6-22-15-25(33)10-12-27(22)32)19-40-30-13-9-23(16-28(30)35)31(37)34-41(38,39)21(20)2/h3,7,9-10,12-13,15-16,20-21,24,26,29,36H,4-6,8,11,14,17-19H2,1-2H3,(H,34,37)/b7-3+/t20-,21+,24-,26+,29?,32-/m0/s1. The van der Waals surface area contributed by atoms with E-state index in [1.54, 1.807) is 25.1 Å². The quantitative estimate of drug-likeness (QED) is 0.403. The van der Waals surface area contributed by atoms with E-state index in [4.69, 9.17) is 16.3 Å². The SMILES string of the molecule is C[C@@H]1[C@@H](C)C/C=C/C(O)[C@@H]2CC[C@H]2CN2C[C@@]3(CCCc4cc(Cl)ccc43)COc3ccc(cc32)C(=O)NS1(=O)=O. The van der Waals surface area contributed by atoms with E-state index in [0.29, 0.717) is 31.9 Å². The highest BCUT2D eigenvalue weighted by atomic mass is 35.5. The number of amides is 1. The fraction of sp³-hybridized carbons (Fsp3) is 0.531. The first-order chi connectivity index (χ1) is 19.6. The van der Waals surface area contributed by atoms with Gasteiger partial charge in [0, 0.05) is 29.1 Å². The van der Waals surface area contributed by atoms with Crippen LogP contribution < -0.4 is 14.4 Å². The van der Waals surface area contributed by atoms with Crippen molar-refractivity contribution in [3.05, 3.63) is 70.3 Å². The molecule has 6 rings (SSSR count). The monoisotopic (exact) mass is 598 g/mol. The average molecular weight is 599 g/mol. The first-order valence-corrected chi connectivity index (χ1v) is 16.7. The zero-order valence-corrected chi connectivity index (χ0v) is 25.3. The van der Waals surface area contributed by atoms with Crippen molar-refractivity contribution in [1.29, 1.82) is 0 Å². The summed E-state index contributed by atoms with van der Waals surface area (Å²) in [6.45, 7) is 5.39. The smallest absolute Gasteiger partial charge is 0.264 e. The van der Waals surface area contributed by atoms with Crippen LogP contribution in [0, 0.1) is 17.8 Å². The summed E-state index contributed by atoms with van der Waals surface area (Å²) in [6, 6.07) is 11.4. The molecule has 0 saturated heterocycles.